The van der Waals surface area contributed by atoms with Crippen molar-refractivity contribution in [3.63, 3.8) is 0 Å². The molecule has 1 nitrogen and oxygen atoms in total. The smallest absolute Gasteiger partial charge is 0.105 e. The van der Waals surface area contributed by atoms with Crippen molar-refractivity contribution in [2.45, 2.75) is 20.0 Å². The standard InChI is InChI=1S/C15H14Br2O/c1-9-3-4-10(2)12(7-9)15(18)13-8-11(16)5-6-14(13)17/h3-8,15,18H,1-2H3. The molecular weight excluding hydrogens is 356 g/mol. The zero-order valence-corrected chi connectivity index (χ0v) is 13.4. The molecule has 94 valence electrons. The Morgan fingerprint density at radius 2 is 1.67 bits per heavy atom. The molecule has 0 radical (unpaired) electrons. The maximum absolute atomic E-state index is 10.6. The van der Waals surface area contributed by atoms with E-state index in [9.17, 15) is 5.11 Å². The van der Waals surface area contributed by atoms with Gasteiger partial charge in [-0.05, 0) is 43.2 Å². The highest BCUT2D eigenvalue weighted by Gasteiger charge is 2.16. The number of benzene rings is 2. The molecule has 0 saturated carbocycles. The van der Waals surface area contributed by atoms with Gasteiger partial charge in [0.25, 0.3) is 0 Å². The van der Waals surface area contributed by atoms with Crippen molar-refractivity contribution < 1.29 is 5.11 Å². The summed E-state index contributed by atoms with van der Waals surface area (Å²) in [6.45, 7) is 4.05. The normalized spacial score (nSPS) is 12.5. The summed E-state index contributed by atoms with van der Waals surface area (Å²) in [4.78, 5) is 0. The van der Waals surface area contributed by atoms with Gasteiger partial charge in [0.15, 0.2) is 0 Å². The molecule has 1 N–H and O–H groups in total. The summed E-state index contributed by atoms with van der Waals surface area (Å²) in [6, 6.07) is 12.0. The van der Waals surface area contributed by atoms with Gasteiger partial charge < -0.3 is 5.11 Å². The summed E-state index contributed by atoms with van der Waals surface area (Å²) in [5.41, 5.74) is 4.08. The predicted octanol–water partition coefficient (Wildman–Crippen LogP) is 4.91. The van der Waals surface area contributed by atoms with Crippen LogP contribution in [0.2, 0.25) is 0 Å². The molecule has 0 fully saturated rings. The summed E-state index contributed by atoms with van der Waals surface area (Å²) >= 11 is 6.93. The number of aliphatic hydroxyl groups excluding tert-OH is 1. The molecule has 2 aromatic carbocycles. The van der Waals surface area contributed by atoms with Gasteiger partial charge in [-0.2, -0.15) is 0 Å². The van der Waals surface area contributed by atoms with Crippen LogP contribution in [0.25, 0.3) is 0 Å². The fraction of sp³-hybridized carbons (Fsp3) is 0.200. The van der Waals surface area contributed by atoms with E-state index in [1.54, 1.807) is 0 Å². The van der Waals surface area contributed by atoms with Crippen LogP contribution in [0.3, 0.4) is 0 Å². The highest BCUT2D eigenvalue weighted by molar-refractivity contribution is 9.11. The first kappa shape index (κ1) is 13.8. The molecule has 1 unspecified atom stereocenters. The highest BCUT2D eigenvalue weighted by Crippen LogP contribution is 2.32. The van der Waals surface area contributed by atoms with Crippen molar-refractivity contribution in [2.75, 3.05) is 0 Å². The molecule has 0 heterocycles. The van der Waals surface area contributed by atoms with Gasteiger partial charge in [0.05, 0.1) is 0 Å². The van der Waals surface area contributed by atoms with E-state index in [0.29, 0.717) is 0 Å². The first-order chi connectivity index (χ1) is 8.49. The molecule has 18 heavy (non-hydrogen) atoms. The van der Waals surface area contributed by atoms with Crippen LogP contribution in [-0.4, -0.2) is 5.11 Å². The van der Waals surface area contributed by atoms with Crippen LogP contribution in [0.4, 0.5) is 0 Å². The Balaban J connectivity index is 2.50. The summed E-state index contributed by atoms with van der Waals surface area (Å²) in [5.74, 6) is 0. The third-order valence-corrected chi connectivity index (χ3v) is 4.20. The van der Waals surface area contributed by atoms with E-state index in [1.165, 1.54) is 0 Å². The Hall–Kier alpha value is -0.640. The maximum atomic E-state index is 10.6. The van der Waals surface area contributed by atoms with E-state index < -0.39 is 6.10 Å². The second kappa shape index (κ2) is 5.55. The molecule has 0 amide bonds. The number of hydrogen-bond donors (Lipinski definition) is 1. The molecule has 0 aromatic heterocycles. The average molecular weight is 370 g/mol. The third-order valence-electron chi connectivity index (χ3n) is 2.98. The predicted molar refractivity (Wildman–Crippen MR) is 81.8 cm³/mol. The van der Waals surface area contributed by atoms with Crippen molar-refractivity contribution >= 4 is 31.9 Å². The summed E-state index contributed by atoms with van der Waals surface area (Å²) in [7, 11) is 0. The number of rotatable bonds is 2. The fourth-order valence-corrected chi connectivity index (χ4v) is 2.79. The second-order valence-electron chi connectivity index (χ2n) is 4.43. The monoisotopic (exact) mass is 368 g/mol. The first-order valence-electron chi connectivity index (χ1n) is 5.69. The first-order valence-corrected chi connectivity index (χ1v) is 7.28. The van der Waals surface area contributed by atoms with E-state index in [0.717, 1.165) is 31.2 Å². The SMILES string of the molecule is Cc1ccc(C)c(C(O)c2cc(Br)ccc2Br)c1. The van der Waals surface area contributed by atoms with E-state index in [4.69, 9.17) is 0 Å². The van der Waals surface area contributed by atoms with Crippen LogP contribution >= 0.6 is 31.9 Å². The Bertz CT molecular complexity index is 527. The maximum Gasteiger partial charge on any atom is 0.105 e. The van der Waals surface area contributed by atoms with Crippen LogP contribution < -0.4 is 0 Å². The topological polar surface area (TPSA) is 20.2 Å². The molecule has 2 rings (SSSR count). The Kier molecular flexibility index (Phi) is 4.25. The molecule has 0 aliphatic carbocycles. The van der Waals surface area contributed by atoms with Gasteiger partial charge in [0.2, 0.25) is 0 Å². The van der Waals surface area contributed by atoms with Gasteiger partial charge in [-0.1, -0.05) is 55.6 Å². The molecule has 1 atom stereocenters. The molecule has 0 aliphatic heterocycles. The molecule has 3 heteroatoms. The van der Waals surface area contributed by atoms with Gasteiger partial charge in [-0.3, -0.25) is 0 Å². The van der Waals surface area contributed by atoms with Gasteiger partial charge in [-0.15, -0.1) is 0 Å². The number of aliphatic hydroxyl groups is 1. The van der Waals surface area contributed by atoms with Crippen LogP contribution in [-0.2, 0) is 0 Å². The zero-order chi connectivity index (χ0) is 13.3. The van der Waals surface area contributed by atoms with Crippen LogP contribution in [0.5, 0.6) is 0 Å². The summed E-state index contributed by atoms with van der Waals surface area (Å²) in [6.07, 6.45) is -0.614. The van der Waals surface area contributed by atoms with Crippen molar-refractivity contribution in [3.8, 4) is 0 Å². The molecule has 0 saturated heterocycles. The lowest BCUT2D eigenvalue weighted by Crippen LogP contribution is -2.03. The Morgan fingerprint density at radius 3 is 2.39 bits per heavy atom. The minimum atomic E-state index is -0.614. The van der Waals surface area contributed by atoms with Crippen LogP contribution in [0.1, 0.15) is 28.4 Å². The summed E-state index contributed by atoms with van der Waals surface area (Å²) in [5, 5.41) is 10.6. The Labute approximate surface area is 124 Å². The number of aryl methyl sites for hydroxylation is 2. The minimum Gasteiger partial charge on any atom is -0.384 e. The van der Waals surface area contributed by atoms with Gasteiger partial charge >= 0.3 is 0 Å². The van der Waals surface area contributed by atoms with E-state index in [1.807, 2.05) is 44.2 Å². The number of hydrogen-bond acceptors (Lipinski definition) is 1. The molecule has 0 aliphatic rings. The largest absolute Gasteiger partial charge is 0.384 e. The van der Waals surface area contributed by atoms with E-state index in [-0.39, 0.29) is 0 Å². The minimum absolute atomic E-state index is 0.614. The van der Waals surface area contributed by atoms with E-state index in [2.05, 4.69) is 37.9 Å². The summed E-state index contributed by atoms with van der Waals surface area (Å²) < 4.78 is 1.88. The van der Waals surface area contributed by atoms with Gasteiger partial charge in [-0.25, -0.2) is 0 Å². The highest BCUT2D eigenvalue weighted by atomic mass is 79.9. The molecule has 2 aromatic rings. The van der Waals surface area contributed by atoms with E-state index >= 15 is 0 Å². The van der Waals surface area contributed by atoms with Crippen molar-refractivity contribution in [1.82, 2.24) is 0 Å². The lowest BCUT2D eigenvalue weighted by Gasteiger charge is -2.16. The van der Waals surface area contributed by atoms with Crippen molar-refractivity contribution in [2.24, 2.45) is 0 Å². The fourth-order valence-electron chi connectivity index (χ4n) is 1.95. The van der Waals surface area contributed by atoms with Crippen molar-refractivity contribution in [1.29, 1.82) is 0 Å². The zero-order valence-electron chi connectivity index (χ0n) is 10.2. The molecular formula is C15H14Br2O. The van der Waals surface area contributed by atoms with Crippen LogP contribution in [0.15, 0.2) is 45.3 Å². The third kappa shape index (κ3) is 2.85. The quantitative estimate of drug-likeness (QED) is 0.797. The van der Waals surface area contributed by atoms with Gasteiger partial charge in [0.1, 0.15) is 6.10 Å². The number of halogens is 2. The molecule has 0 spiro atoms. The van der Waals surface area contributed by atoms with Crippen LogP contribution in [0, 0.1) is 13.8 Å². The average Bonchev–Trinajstić information content (AvgIpc) is 2.34. The van der Waals surface area contributed by atoms with Gasteiger partial charge in [0, 0.05) is 14.5 Å². The second-order valence-corrected chi connectivity index (χ2v) is 6.20. The Morgan fingerprint density at radius 1 is 0.944 bits per heavy atom. The lowest BCUT2D eigenvalue weighted by molar-refractivity contribution is 0.218. The lowest BCUT2D eigenvalue weighted by atomic mass is 9.96. The molecule has 0 bridgehead atoms. The van der Waals surface area contributed by atoms with Crippen molar-refractivity contribution in [3.05, 3.63) is 67.6 Å².